The van der Waals surface area contributed by atoms with Gasteiger partial charge in [-0.15, -0.1) is 0 Å². The Morgan fingerprint density at radius 3 is 2.48 bits per heavy atom. The number of nitrogens with zero attached hydrogens (tertiary/aromatic N) is 1. The van der Waals surface area contributed by atoms with Gasteiger partial charge < -0.3 is 10.6 Å². The monoisotopic (exact) mass is 331 g/mol. The summed E-state index contributed by atoms with van der Waals surface area (Å²) in [6.07, 6.45) is 3.32. The maximum atomic E-state index is 13.4. The number of carbonyl (C=O) groups is 1. The van der Waals surface area contributed by atoms with E-state index in [0.29, 0.717) is 5.82 Å². The Kier molecular flexibility index (Phi) is 4.20. The highest BCUT2D eigenvalue weighted by Gasteiger charge is 2.41. The molecule has 4 nitrogen and oxygen atoms in total. The molecule has 0 spiro atoms. The molecule has 0 bridgehead atoms. The number of carbonyl (C=O) groups excluding carboxylic acids is 1. The van der Waals surface area contributed by atoms with E-state index in [9.17, 15) is 4.79 Å². The van der Waals surface area contributed by atoms with Crippen molar-refractivity contribution in [3.63, 3.8) is 0 Å². The van der Waals surface area contributed by atoms with Gasteiger partial charge in [0.15, 0.2) is 0 Å². The van der Waals surface area contributed by atoms with Crippen LogP contribution in [0.2, 0.25) is 0 Å². The Labute approximate surface area is 147 Å². The molecular formula is C21H21N3O. The molecule has 0 unspecified atom stereocenters. The second-order valence-corrected chi connectivity index (χ2v) is 6.53. The third kappa shape index (κ3) is 2.89. The molecule has 1 fully saturated rings. The van der Waals surface area contributed by atoms with Crippen LogP contribution in [0.25, 0.3) is 10.8 Å². The quantitative estimate of drug-likeness (QED) is 0.772. The summed E-state index contributed by atoms with van der Waals surface area (Å²) >= 11 is 0. The first kappa shape index (κ1) is 15.8. The summed E-state index contributed by atoms with van der Waals surface area (Å²) in [6, 6.07) is 20.1. The van der Waals surface area contributed by atoms with Crippen LogP contribution in [0.15, 0.2) is 66.9 Å². The zero-order valence-corrected chi connectivity index (χ0v) is 14.0. The van der Waals surface area contributed by atoms with Crippen LogP contribution in [0.3, 0.4) is 0 Å². The predicted molar refractivity (Wildman–Crippen MR) is 101 cm³/mol. The van der Waals surface area contributed by atoms with E-state index in [2.05, 4.69) is 27.8 Å². The van der Waals surface area contributed by atoms with Crippen LogP contribution in [0.5, 0.6) is 0 Å². The van der Waals surface area contributed by atoms with E-state index in [-0.39, 0.29) is 5.91 Å². The topological polar surface area (TPSA) is 54.0 Å². The zero-order valence-electron chi connectivity index (χ0n) is 14.0. The lowest BCUT2D eigenvalue weighted by Gasteiger charge is -2.36. The molecule has 1 aliphatic rings. The Bertz CT molecular complexity index is 881. The van der Waals surface area contributed by atoms with Gasteiger partial charge in [0.05, 0.1) is 5.41 Å². The molecule has 4 rings (SSSR count). The second kappa shape index (κ2) is 6.65. The molecule has 0 radical (unpaired) electrons. The van der Waals surface area contributed by atoms with Gasteiger partial charge >= 0.3 is 0 Å². The van der Waals surface area contributed by atoms with E-state index in [0.717, 1.165) is 42.3 Å². The molecule has 0 saturated carbocycles. The lowest BCUT2D eigenvalue weighted by molar-refractivity contribution is -0.122. The molecule has 1 amide bonds. The molecule has 1 saturated heterocycles. The summed E-state index contributed by atoms with van der Waals surface area (Å²) in [5.74, 6) is 0.668. The number of hydrogen-bond acceptors (Lipinski definition) is 3. The van der Waals surface area contributed by atoms with E-state index in [1.807, 2.05) is 48.5 Å². The molecule has 25 heavy (non-hydrogen) atoms. The van der Waals surface area contributed by atoms with Gasteiger partial charge in [-0.1, -0.05) is 54.6 Å². The third-order valence-corrected chi connectivity index (χ3v) is 5.12. The van der Waals surface area contributed by atoms with E-state index < -0.39 is 5.41 Å². The SMILES string of the molecule is O=C(Nc1nccc2ccccc12)C1(c2ccccc2)CCNCC1. The molecule has 4 heteroatoms. The Morgan fingerprint density at radius 2 is 1.68 bits per heavy atom. The minimum atomic E-state index is -0.509. The standard InChI is InChI=1S/C21H21N3O/c25-20(24-19-18-9-5-4-6-16(18)10-13-23-19)21(11-14-22-15-12-21)17-7-2-1-3-8-17/h1-10,13,22H,11-12,14-15H2,(H,23,24,25). The van der Waals surface area contributed by atoms with Crippen molar-refractivity contribution in [2.24, 2.45) is 0 Å². The zero-order chi connectivity index (χ0) is 17.1. The van der Waals surface area contributed by atoms with Crippen LogP contribution < -0.4 is 10.6 Å². The molecule has 3 aromatic rings. The highest BCUT2D eigenvalue weighted by Crippen LogP contribution is 2.35. The first-order valence-electron chi connectivity index (χ1n) is 8.71. The van der Waals surface area contributed by atoms with Crippen LogP contribution in [-0.2, 0) is 10.2 Å². The van der Waals surface area contributed by atoms with Crippen molar-refractivity contribution in [2.75, 3.05) is 18.4 Å². The third-order valence-electron chi connectivity index (χ3n) is 5.12. The first-order valence-corrected chi connectivity index (χ1v) is 8.71. The van der Waals surface area contributed by atoms with Gasteiger partial charge in [-0.3, -0.25) is 4.79 Å². The molecule has 2 N–H and O–H groups in total. The van der Waals surface area contributed by atoms with Crippen molar-refractivity contribution in [2.45, 2.75) is 18.3 Å². The van der Waals surface area contributed by atoms with Gasteiger partial charge in [0.1, 0.15) is 5.82 Å². The number of fused-ring (bicyclic) bond motifs is 1. The number of piperidine rings is 1. The average Bonchev–Trinajstić information content (AvgIpc) is 2.69. The lowest BCUT2D eigenvalue weighted by atomic mass is 9.72. The fourth-order valence-electron chi connectivity index (χ4n) is 3.70. The minimum absolute atomic E-state index is 0.0315. The number of aromatic nitrogens is 1. The smallest absolute Gasteiger partial charge is 0.236 e. The molecule has 2 heterocycles. The minimum Gasteiger partial charge on any atom is -0.317 e. The Hall–Kier alpha value is -2.72. The fourth-order valence-corrected chi connectivity index (χ4v) is 3.70. The van der Waals surface area contributed by atoms with Crippen molar-refractivity contribution in [3.8, 4) is 0 Å². The molecule has 126 valence electrons. The van der Waals surface area contributed by atoms with Crippen LogP contribution in [0, 0.1) is 0 Å². The van der Waals surface area contributed by atoms with E-state index in [1.54, 1.807) is 6.20 Å². The second-order valence-electron chi connectivity index (χ2n) is 6.53. The van der Waals surface area contributed by atoms with Crippen LogP contribution in [0.1, 0.15) is 18.4 Å². The molecule has 1 aromatic heterocycles. The number of nitrogens with one attached hydrogen (secondary N) is 2. The van der Waals surface area contributed by atoms with Crippen LogP contribution >= 0.6 is 0 Å². The Balaban J connectivity index is 1.72. The lowest BCUT2D eigenvalue weighted by Crippen LogP contribution is -2.48. The number of hydrogen-bond donors (Lipinski definition) is 2. The number of rotatable bonds is 3. The van der Waals surface area contributed by atoms with Gasteiger partial charge in [-0.2, -0.15) is 0 Å². The van der Waals surface area contributed by atoms with Gasteiger partial charge in [0.2, 0.25) is 5.91 Å². The summed E-state index contributed by atoms with van der Waals surface area (Å²) in [4.78, 5) is 17.8. The summed E-state index contributed by atoms with van der Waals surface area (Å²) < 4.78 is 0. The van der Waals surface area contributed by atoms with Crippen molar-refractivity contribution < 1.29 is 4.79 Å². The van der Waals surface area contributed by atoms with Crippen LogP contribution in [-0.4, -0.2) is 24.0 Å². The predicted octanol–water partition coefficient (Wildman–Crippen LogP) is 3.49. The van der Waals surface area contributed by atoms with Crippen molar-refractivity contribution in [1.82, 2.24) is 10.3 Å². The highest BCUT2D eigenvalue weighted by molar-refractivity contribution is 6.04. The average molecular weight is 331 g/mol. The largest absolute Gasteiger partial charge is 0.317 e. The summed E-state index contributed by atoms with van der Waals surface area (Å²) in [5.41, 5.74) is 0.569. The maximum Gasteiger partial charge on any atom is 0.236 e. The van der Waals surface area contributed by atoms with Crippen molar-refractivity contribution in [1.29, 1.82) is 0 Å². The molecule has 0 atom stereocenters. The normalized spacial score (nSPS) is 16.5. The number of benzene rings is 2. The summed E-state index contributed by atoms with van der Waals surface area (Å²) in [7, 11) is 0. The van der Waals surface area contributed by atoms with E-state index in [4.69, 9.17) is 0 Å². The number of anilines is 1. The molecule has 2 aromatic carbocycles. The van der Waals surface area contributed by atoms with Crippen LogP contribution in [0.4, 0.5) is 5.82 Å². The van der Waals surface area contributed by atoms with E-state index >= 15 is 0 Å². The molecule has 1 aliphatic heterocycles. The Morgan fingerprint density at radius 1 is 0.960 bits per heavy atom. The van der Waals surface area contributed by atoms with Crippen molar-refractivity contribution in [3.05, 3.63) is 72.4 Å². The highest BCUT2D eigenvalue weighted by atomic mass is 16.2. The summed E-state index contributed by atoms with van der Waals surface area (Å²) in [5, 5.41) is 8.52. The molecule has 0 aliphatic carbocycles. The maximum absolute atomic E-state index is 13.4. The fraction of sp³-hybridized carbons (Fsp3) is 0.238. The number of amides is 1. The first-order chi connectivity index (χ1) is 12.3. The van der Waals surface area contributed by atoms with Crippen molar-refractivity contribution >= 4 is 22.5 Å². The van der Waals surface area contributed by atoms with E-state index in [1.165, 1.54) is 0 Å². The van der Waals surface area contributed by atoms with Gasteiger partial charge in [0.25, 0.3) is 0 Å². The van der Waals surface area contributed by atoms with Gasteiger partial charge in [0, 0.05) is 11.6 Å². The molecular weight excluding hydrogens is 310 g/mol. The van der Waals surface area contributed by atoms with Gasteiger partial charge in [-0.25, -0.2) is 4.98 Å². The number of pyridine rings is 1. The van der Waals surface area contributed by atoms with Gasteiger partial charge in [-0.05, 0) is 42.9 Å². The summed E-state index contributed by atoms with van der Waals surface area (Å²) in [6.45, 7) is 1.68.